The summed E-state index contributed by atoms with van der Waals surface area (Å²) in [6, 6.07) is 8.89. The van der Waals surface area contributed by atoms with Crippen molar-refractivity contribution in [2.75, 3.05) is 33.3 Å². The molecule has 0 saturated carbocycles. The van der Waals surface area contributed by atoms with Gasteiger partial charge in [-0.3, -0.25) is 0 Å². The van der Waals surface area contributed by atoms with Crippen molar-refractivity contribution in [2.24, 2.45) is 5.41 Å². The molecule has 1 aromatic carbocycles. The molecule has 21 heavy (non-hydrogen) atoms. The summed E-state index contributed by atoms with van der Waals surface area (Å²) in [5.74, 6) is 0.954. The Morgan fingerprint density at radius 1 is 1.29 bits per heavy atom. The van der Waals surface area contributed by atoms with Crippen LogP contribution in [0.2, 0.25) is 0 Å². The minimum atomic E-state index is 0.384. The summed E-state index contributed by atoms with van der Waals surface area (Å²) < 4.78 is 5.52. The predicted octanol–water partition coefficient (Wildman–Crippen LogP) is 3.47. The minimum absolute atomic E-state index is 0.384. The van der Waals surface area contributed by atoms with Gasteiger partial charge in [-0.25, -0.2) is 0 Å². The Hall–Kier alpha value is -1.06. The molecule has 0 spiro atoms. The molecule has 1 aliphatic heterocycles. The molecule has 0 aliphatic carbocycles. The van der Waals surface area contributed by atoms with Crippen LogP contribution in [0, 0.1) is 5.41 Å². The smallest absolute Gasteiger partial charge is 0.119 e. The first-order valence-electron chi connectivity index (χ1n) is 8.16. The summed E-state index contributed by atoms with van der Waals surface area (Å²) in [7, 11) is 2.05. The molecule has 1 saturated heterocycles. The highest BCUT2D eigenvalue weighted by Crippen LogP contribution is 2.29. The highest BCUT2D eigenvalue weighted by molar-refractivity contribution is 5.29. The van der Waals surface area contributed by atoms with Crippen LogP contribution >= 0.6 is 0 Å². The predicted molar refractivity (Wildman–Crippen MR) is 88.9 cm³/mol. The molecule has 118 valence electrons. The Labute approximate surface area is 129 Å². The SMILES string of the molecule is CCOc1ccc(C(CN2CCCC(C)(C)C2)NC)cc1. The quantitative estimate of drug-likeness (QED) is 0.868. The molecule has 0 radical (unpaired) electrons. The number of hydrogen-bond donors (Lipinski definition) is 1. The first kappa shape index (κ1) is 16.3. The summed E-state index contributed by atoms with van der Waals surface area (Å²) in [5, 5.41) is 3.46. The van der Waals surface area contributed by atoms with Gasteiger partial charge in [0, 0.05) is 19.1 Å². The van der Waals surface area contributed by atoms with Crippen LogP contribution in [-0.2, 0) is 0 Å². The summed E-state index contributed by atoms with van der Waals surface area (Å²) >= 11 is 0. The maximum atomic E-state index is 5.52. The van der Waals surface area contributed by atoms with Gasteiger partial charge in [-0.1, -0.05) is 26.0 Å². The zero-order valence-corrected chi connectivity index (χ0v) is 14.0. The topological polar surface area (TPSA) is 24.5 Å². The van der Waals surface area contributed by atoms with E-state index in [1.165, 1.54) is 31.5 Å². The van der Waals surface area contributed by atoms with E-state index < -0.39 is 0 Å². The van der Waals surface area contributed by atoms with Gasteiger partial charge in [0.2, 0.25) is 0 Å². The second kappa shape index (κ2) is 7.28. The van der Waals surface area contributed by atoms with Gasteiger partial charge in [-0.2, -0.15) is 0 Å². The molecular weight excluding hydrogens is 260 g/mol. The van der Waals surface area contributed by atoms with Crippen LogP contribution in [0.4, 0.5) is 0 Å². The average Bonchev–Trinajstić information content (AvgIpc) is 2.45. The summed E-state index contributed by atoms with van der Waals surface area (Å²) in [5.41, 5.74) is 1.79. The molecule has 0 aromatic heterocycles. The van der Waals surface area contributed by atoms with Gasteiger partial charge in [0.25, 0.3) is 0 Å². The molecular formula is C18H30N2O. The van der Waals surface area contributed by atoms with Crippen molar-refractivity contribution >= 4 is 0 Å². The standard InChI is InChI=1S/C18H30N2O/c1-5-21-16-9-7-15(8-10-16)17(19-4)13-20-12-6-11-18(2,3)14-20/h7-10,17,19H,5-6,11-14H2,1-4H3. The number of nitrogens with one attached hydrogen (secondary N) is 1. The third-order valence-electron chi connectivity index (χ3n) is 4.36. The normalized spacial score (nSPS) is 20.2. The van der Waals surface area contributed by atoms with Gasteiger partial charge < -0.3 is 15.0 Å². The monoisotopic (exact) mass is 290 g/mol. The van der Waals surface area contributed by atoms with Crippen LogP contribution in [0.15, 0.2) is 24.3 Å². The van der Waals surface area contributed by atoms with Crippen molar-refractivity contribution < 1.29 is 4.74 Å². The fourth-order valence-electron chi connectivity index (χ4n) is 3.29. The molecule has 1 fully saturated rings. The lowest BCUT2D eigenvalue weighted by atomic mass is 9.84. The Balaban J connectivity index is 1.99. The van der Waals surface area contributed by atoms with Gasteiger partial charge in [-0.05, 0) is 56.5 Å². The number of benzene rings is 1. The van der Waals surface area contributed by atoms with Crippen molar-refractivity contribution in [2.45, 2.75) is 39.7 Å². The Bertz CT molecular complexity index is 427. The Morgan fingerprint density at radius 3 is 2.57 bits per heavy atom. The molecule has 1 N–H and O–H groups in total. The fraction of sp³-hybridized carbons (Fsp3) is 0.667. The van der Waals surface area contributed by atoms with Crippen molar-refractivity contribution in [1.29, 1.82) is 0 Å². The van der Waals surface area contributed by atoms with E-state index in [0.29, 0.717) is 11.5 Å². The third-order valence-corrected chi connectivity index (χ3v) is 4.36. The van der Waals surface area contributed by atoms with Gasteiger partial charge in [-0.15, -0.1) is 0 Å². The molecule has 0 amide bonds. The number of piperidine rings is 1. The van der Waals surface area contributed by atoms with Crippen molar-refractivity contribution in [3.05, 3.63) is 29.8 Å². The highest BCUT2D eigenvalue weighted by Gasteiger charge is 2.27. The Morgan fingerprint density at radius 2 is 2.00 bits per heavy atom. The number of ether oxygens (including phenoxy) is 1. The first-order chi connectivity index (χ1) is 10.0. The maximum Gasteiger partial charge on any atom is 0.119 e. The van der Waals surface area contributed by atoms with Crippen LogP contribution in [0.25, 0.3) is 0 Å². The maximum absolute atomic E-state index is 5.52. The van der Waals surface area contributed by atoms with Gasteiger partial charge >= 0.3 is 0 Å². The number of rotatable bonds is 6. The number of likely N-dealkylation sites (N-methyl/N-ethyl adjacent to an activating group) is 1. The zero-order valence-electron chi connectivity index (χ0n) is 14.0. The lowest BCUT2D eigenvalue weighted by molar-refractivity contribution is 0.108. The molecule has 1 heterocycles. The number of likely N-dealkylation sites (tertiary alicyclic amines) is 1. The molecule has 3 nitrogen and oxygen atoms in total. The lowest BCUT2D eigenvalue weighted by Crippen LogP contribution is -2.43. The van der Waals surface area contributed by atoms with Gasteiger partial charge in [0.1, 0.15) is 5.75 Å². The second-order valence-corrected chi connectivity index (χ2v) is 6.85. The van der Waals surface area contributed by atoms with Crippen LogP contribution < -0.4 is 10.1 Å². The largest absolute Gasteiger partial charge is 0.494 e. The van der Waals surface area contributed by atoms with Crippen molar-refractivity contribution in [1.82, 2.24) is 10.2 Å². The molecule has 1 unspecified atom stereocenters. The van der Waals surface area contributed by atoms with Crippen LogP contribution in [0.5, 0.6) is 5.75 Å². The summed E-state index contributed by atoms with van der Waals surface area (Å²) in [4.78, 5) is 2.60. The average molecular weight is 290 g/mol. The number of nitrogens with zero attached hydrogens (tertiary/aromatic N) is 1. The fourth-order valence-corrected chi connectivity index (χ4v) is 3.29. The molecule has 2 rings (SSSR count). The van der Waals surface area contributed by atoms with E-state index in [4.69, 9.17) is 4.74 Å². The van der Waals surface area contributed by atoms with Crippen LogP contribution in [0.1, 0.15) is 45.2 Å². The summed E-state index contributed by atoms with van der Waals surface area (Å²) in [6.07, 6.45) is 2.66. The van der Waals surface area contributed by atoms with E-state index >= 15 is 0 Å². The molecule has 3 heteroatoms. The van der Waals surface area contributed by atoms with E-state index in [-0.39, 0.29) is 0 Å². The lowest BCUT2D eigenvalue weighted by Gasteiger charge is -2.39. The molecule has 0 bridgehead atoms. The van der Waals surface area contributed by atoms with Gasteiger partial charge in [0.05, 0.1) is 6.61 Å². The van der Waals surface area contributed by atoms with E-state index in [1.54, 1.807) is 0 Å². The van der Waals surface area contributed by atoms with Crippen LogP contribution in [0.3, 0.4) is 0 Å². The molecule has 1 atom stereocenters. The second-order valence-electron chi connectivity index (χ2n) is 6.85. The van der Waals surface area contributed by atoms with E-state index in [9.17, 15) is 0 Å². The van der Waals surface area contributed by atoms with Crippen molar-refractivity contribution in [3.63, 3.8) is 0 Å². The zero-order chi connectivity index (χ0) is 15.3. The highest BCUT2D eigenvalue weighted by atomic mass is 16.5. The van der Waals surface area contributed by atoms with E-state index in [2.05, 4.69) is 55.4 Å². The first-order valence-corrected chi connectivity index (χ1v) is 8.16. The summed E-state index contributed by atoms with van der Waals surface area (Å²) in [6.45, 7) is 11.0. The van der Waals surface area contributed by atoms with Crippen LogP contribution in [-0.4, -0.2) is 38.2 Å². The van der Waals surface area contributed by atoms with E-state index in [1.807, 2.05) is 6.92 Å². The Kier molecular flexibility index (Phi) is 5.65. The molecule has 1 aliphatic rings. The number of hydrogen-bond acceptors (Lipinski definition) is 3. The molecule has 1 aromatic rings. The van der Waals surface area contributed by atoms with Gasteiger partial charge in [0.15, 0.2) is 0 Å². The van der Waals surface area contributed by atoms with E-state index in [0.717, 1.165) is 18.9 Å². The van der Waals surface area contributed by atoms with Crippen molar-refractivity contribution in [3.8, 4) is 5.75 Å². The minimum Gasteiger partial charge on any atom is -0.494 e. The third kappa shape index (κ3) is 4.72.